The van der Waals surface area contributed by atoms with Crippen LogP contribution in [0.3, 0.4) is 0 Å². The molecule has 18 heavy (non-hydrogen) atoms. The van der Waals surface area contributed by atoms with Gasteiger partial charge in [0.25, 0.3) is 0 Å². The van der Waals surface area contributed by atoms with E-state index in [2.05, 4.69) is 19.9 Å². The molecule has 1 N–H and O–H groups in total. The van der Waals surface area contributed by atoms with Crippen molar-refractivity contribution in [3.8, 4) is 0 Å². The van der Waals surface area contributed by atoms with Gasteiger partial charge in [-0.25, -0.2) is 4.79 Å². The summed E-state index contributed by atoms with van der Waals surface area (Å²) < 4.78 is 4.56. The highest BCUT2D eigenvalue weighted by molar-refractivity contribution is 5.66. The molecule has 1 aromatic heterocycles. The van der Waals surface area contributed by atoms with Crippen molar-refractivity contribution in [3.63, 3.8) is 0 Å². The molecule has 2 rings (SSSR count). The molecule has 1 saturated heterocycles. The van der Waals surface area contributed by atoms with Gasteiger partial charge in [-0.2, -0.15) is 0 Å². The van der Waals surface area contributed by atoms with Crippen molar-refractivity contribution in [2.45, 2.75) is 12.8 Å². The summed E-state index contributed by atoms with van der Waals surface area (Å²) in [6.07, 6.45) is 5.48. The van der Waals surface area contributed by atoms with E-state index in [0.717, 1.165) is 25.9 Å². The number of anilines is 1. The predicted octanol–water partition coefficient (Wildman–Crippen LogP) is 1.65. The Balaban J connectivity index is 1.76. The van der Waals surface area contributed by atoms with E-state index in [0.29, 0.717) is 12.5 Å². The summed E-state index contributed by atoms with van der Waals surface area (Å²) in [5.41, 5.74) is 1.23. The fourth-order valence-electron chi connectivity index (χ4n) is 2.25. The third-order valence-electron chi connectivity index (χ3n) is 3.36. The lowest BCUT2D eigenvalue weighted by atomic mass is 9.96. The normalized spacial score (nSPS) is 16.4. The molecule has 0 radical (unpaired) electrons. The Hall–Kier alpha value is -1.78. The molecule has 1 aromatic rings. The van der Waals surface area contributed by atoms with Crippen molar-refractivity contribution < 1.29 is 9.53 Å². The molecule has 1 fully saturated rings. The van der Waals surface area contributed by atoms with E-state index < -0.39 is 0 Å². The van der Waals surface area contributed by atoms with Crippen LogP contribution >= 0.6 is 0 Å². The number of hydrogen-bond acceptors (Lipinski definition) is 4. The quantitative estimate of drug-likeness (QED) is 0.885. The Kier molecular flexibility index (Phi) is 4.39. The molecule has 0 bridgehead atoms. The molecular formula is C13H19N3O2. The van der Waals surface area contributed by atoms with Crippen LogP contribution in [0, 0.1) is 5.92 Å². The maximum Gasteiger partial charge on any atom is 0.406 e. The number of aromatic nitrogens is 1. The minimum atomic E-state index is -0.341. The number of nitrogens with one attached hydrogen (secondary N) is 1. The average molecular weight is 249 g/mol. The second-order valence-corrected chi connectivity index (χ2v) is 4.51. The number of carbonyl (C=O) groups excluding carboxylic acids is 1. The van der Waals surface area contributed by atoms with Crippen LogP contribution in [-0.4, -0.2) is 37.8 Å². The molecular weight excluding hydrogens is 230 g/mol. The smallest absolute Gasteiger partial charge is 0.406 e. The first kappa shape index (κ1) is 12.7. The van der Waals surface area contributed by atoms with Crippen molar-refractivity contribution in [1.82, 2.24) is 10.3 Å². The molecule has 1 aliphatic heterocycles. The van der Waals surface area contributed by atoms with Gasteiger partial charge in [-0.3, -0.25) is 4.98 Å². The summed E-state index contributed by atoms with van der Waals surface area (Å²) in [4.78, 5) is 17.4. The van der Waals surface area contributed by atoms with Gasteiger partial charge in [0.2, 0.25) is 0 Å². The fourth-order valence-corrected chi connectivity index (χ4v) is 2.25. The third kappa shape index (κ3) is 3.35. The Labute approximate surface area is 107 Å². The molecule has 0 spiro atoms. The molecule has 0 aromatic carbocycles. The van der Waals surface area contributed by atoms with Crippen LogP contribution in [-0.2, 0) is 4.74 Å². The SMILES string of the molecule is COC(=O)NCC1CCN(c2ccncc2)CC1. The monoisotopic (exact) mass is 249 g/mol. The molecule has 0 saturated carbocycles. The van der Waals surface area contributed by atoms with Crippen molar-refractivity contribution in [1.29, 1.82) is 0 Å². The van der Waals surface area contributed by atoms with E-state index in [1.54, 1.807) is 0 Å². The van der Waals surface area contributed by atoms with Crippen molar-refractivity contribution in [3.05, 3.63) is 24.5 Å². The predicted molar refractivity (Wildman–Crippen MR) is 69.6 cm³/mol. The Bertz CT molecular complexity index is 375. The number of ether oxygens (including phenoxy) is 1. The standard InChI is InChI=1S/C13H19N3O2/c1-18-13(17)15-10-11-4-8-16(9-5-11)12-2-6-14-7-3-12/h2-3,6-7,11H,4-5,8-10H2,1H3,(H,15,17). The highest BCUT2D eigenvalue weighted by Gasteiger charge is 2.19. The number of alkyl carbamates (subject to hydrolysis) is 1. The van der Waals surface area contributed by atoms with Gasteiger partial charge in [-0.05, 0) is 30.9 Å². The lowest BCUT2D eigenvalue weighted by Gasteiger charge is -2.33. The third-order valence-corrected chi connectivity index (χ3v) is 3.36. The minimum absolute atomic E-state index is 0.341. The summed E-state index contributed by atoms with van der Waals surface area (Å²) in [5.74, 6) is 0.544. The second kappa shape index (κ2) is 6.23. The first-order valence-electron chi connectivity index (χ1n) is 6.26. The van der Waals surface area contributed by atoms with Crippen molar-refractivity contribution in [2.75, 3.05) is 31.6 Å². The summed E-state index contributed by atoms with van der Waals surface area (Å²) in [6, 6.07) is 4.07. The van der Waals surface area contributed by atoms with Gasteiger partial charge < -0.3 is 15.0 Å². The maximum atomic E-state index is 11.0. The van der Waals surface area contributed by atoms with Crippen LogP contribution in [0.2, 0.25) is 0 Å². The highest BCUT2D eigenvalue weighted by atomic mass is 16.5. The van der Waals surface area contributed by atoms with Crippen molar-refractivity contribution in [2.24, 2.45) is 5.92 Å². The molecule has 5 nitrogen and oxygen atoms in total. The largest absolute Gasteiger partial charge is 0.453 e. The lowest BCUT2D eigenvalue weighted by molar-refractivity contribution is 0.168. The molecule has 0 unspecified atom stereocenters. The first-order valence-corrected chi connectivity index (χ1v) is 6.26. The number of nitrogens with zero attached hydrogens (tertiary/aromatic N) is 2. The highest BCUT2D eigenvalue weighted by Crippen LogP contribution is 2.22. The summed E-state index contributed by atoms with van der Waals surface area (Å²) in [6.45, 7) is 2.76. The van der Waals surface area contributed by atoms with Crippen LogP contribution < -0.4 is 10.2 Å². The molecule has 0 aliphatic carbocycles. The Morgan fingerprint density at radius 2 is 2.11 bits per heavy atom. The minimum Gasteiger partial charge on any atom is -0.453 e. The van der Waals surface area contributed by atoms with E-state index in [-0.39, 0.29) is 6.09 Å². The summed E-state index contributed by atoms with van der Waals surface area (Å²) in [5, 5.41) is 2.77. The van der Waals surface area contributed by atoms with Crippen LogP contribution in [0.25, 0.3) is 0 Å². The van der Waals surface area contributed by atoms with E-state index >= 15 is 0 Å². The van der Waals surface area contributed by atoms with Gasteiger partial charge in [-0.1, -0.05) is 0 Å². The van der Waals surface area contributed by atoms with Gasteiger partial charge in [0.05, 0.1) is 7.11 Å². The molecule has 1 aliphatic rings. The van der Waals surface area contributed by atoms with Gasteiger partial charge >= 0.3 is 6.09 Å². The van der Waals surface area contributed by atoms with Gasteiger partial charge in [0, 0.05) is 37.7 Å². The molecule has 5 heteroatoms. The molecule has 0 atom stereocenters. The number of carbonyl (C=O) groups is 1. The summed E-state index contributed by atoms with van der Waals surface area (Å²) in [7, 11) is 1.39. The van der Waals surface area contributed by atoms with Crippen LogP contribution in [0.4, 0.5) is 10.5 Å². The Morgan fingerprint density at radius 1 is 1.44 bits per heavy atom. The van der Waals surface area contributed by atoms with Gasteiger partial charge in [0.15, 0.2) is 0 Å². The number of rotatable bonds is 3. The number of methoxy groups -OCH3 is 1. The van der Waals surface area contributed by atoms with Gasteiger partial charge in [-0.15, -0.1) is 0 Å². The summed E-state index contributed by atoms with van der Waals surface area (Å²) >= 11 is 0. The molecule has 98 valence electrons. The van der Waals surface area contributed by atoms with Crippen molar-refractivity contribution >= 4 is 11.8 Å². The van der Waals surface area contributed by atoms with E-state index in [1.165, 1.54) is 12.8 Å². The number of pyridine rings is 1. The topological polar surface area (TPSA) is 54.5 Å². The average Bonchev–Trinajstić information content (AvgIpc) is 2.46. The second-order valence-electron chi connectivity index (χ2n) is 4.51. The van der Waals surface area contributed by atoms with Crippen LogP contribution in [0.1, 0.15) is 12.8 Å². The molecule has 1 amide bonds. The lowest BCUT2D eigenvalue weighted by Crippen LogP contribution is -2.38. The molecule has 2 heterocycles. The zero-order valence-corrected chi connectivity index (χ0v) is 10.6. The Morgan fingerprint density at radius 3 is 2.72 bits per heavy atom. The van der Waals surface area contributed by atoms with Gasteiger partial charge in [0.1, 0.15) is 0 Å². The number of amides is 1. The zero-order valence-electron chi connectivity index (χ0n) is 10.6. The van der Waals surface area contributed by atoms with E-state index in [1.807, 2.05) is 24.5 Å². The zero-order chi connectivity index (χ0) is 12.8. The fraction of sp³-hybridized carbons (Fsp3) is 0.538. The number of hydrogen-bond donors (Lipinski definition) is 1. The van der Waals surface area contributed by atoms with E-state index in [4.69, 9.17) is 0 Å². The van der Waals surface area contributed by atoms with E-state index in [9.17, 15) is 4.79 Å². The number of piperidine rings is 1. The van der Waals surface area contributed by atoms with Crippen LogP contribution in [0.5, 0.6) is 0 Å². The van der Waals surface area contributed by atoms with Crippen LogP contribution in [0.15, 0.2) is 24.5 Å². The maximum absolute atomic E-state index is 11.0. The first-order chi connectivity index (χ1) is 8.79.